The number of carbonyl (C=O) groups is 1. The molecule has 2 aliphatic heterocycles. The fourth-order valence-electron chi connectivity index (χ4n) is 4.27. The molecule has 0 amide bonds. The Kier molecular flexibility index (Phi) is 6.17. The first kappa shape index (κ1) is 19.7. The number of piperidine rings is 1. The molecular formula is C22H28N2O3S. The lowest BCUT2D eigenvalue weighted by atomic mass is 9.81. The van der Waals surface area contributed by atoms with E-state index in [2.05, 4.69) is 22.1 Å². The number of hydrogen-bond donors (Lipinski definition) is 3. The van der Waals surface area contributed by atoms with Crippen LogP contribution in [0.3, 0.4) is 0 Å². The number of aromatic carboxylic acids is 1. The number of nitrogens with one attached hydrogen (secondary N) is 1. The zero-order chi connectivity index (χ0) is 19.5. The molecule has 0 aromatic carbocycles. The van der Waals surface area contributed by atoms with E-state index in [1.807, 2.05) is 6.07 Å². The quantitative estimate of drug-likeness (QED) is 0.663. The normalized spacial score (nSPS) is 21.5. The molecule has 1 aliphatic carbocycles. The van der Waals surface area contributed by atoms with Crippen LogP contribution < -0.4 is 5.32 Å². The SMILES string of the molecule is O=C(O)c1sc(C#CC2CC2)cc1C1=C(C2CCNCC2)CN(CCO)CC1. The number of thiophene rings is 1. The summed E-state index contributed by atoms with van der Waals surface area (Å²) in [6, 6.07) is 2.02. The largest absolute Gasteiger partial charge is 0.477 e. The molecule has 150 valence electrons. The molecule has 3 heterocycles. The van der Waals surface area contributed by atoms with Gasteiger partial charge in [0.15, 0.2) is 0 Å². The third kappa shape index (κ3) is 4.49. The topological polar surface area (TPSA) is 72.8 Å². The van der Waals surface area contributed by atoms with E-state index in [1.165, 1.54) is 35.3 Å². The molecule has 0 unspecified atom stereocenters. The third-order valence-electron chi connectivity index (χ3n) is 5.94. The number of carboxylic acid groups (broad SMARTS) is 1. The van der Waals surface area contributed by atoms with Crippen molar-refractivity contribution < 1.29 is 15.0 Å². The van der Waals surface area contributed by atoms with Crippen molar-refractivity contribution in [1.82, 2.24) is 10.2 Å². The Hall–Kier alpha value is -1.65. The van der Waals surface area contributed by atoms with Crippen LogP contribution in [0.5, 0.6) is 0 Å². The minimum Gasteiger partial charge on any atom is -0.477 e. The van der Waals surface area contributed by atoms with Gasteiger partial charge in [-0.25, -0.2) is 4.79 Å². The number of hydrogen-bond acceptors (Lipinski definition) is 5. The highest BCUT2D eigenvalue weighted by atomic mass is 32.1. The van der Waals surface area contributed by atoms with Gasteiger partial charge < -0.3 is 15.5 Å². The summed E-state index contributed by atoms with van der Waals surface area (Å²) in [5.74, 6) is 6.61. The molecule has 2 fully saturated rings. The smallest absolute Gasteiger partial charge is 0.346 e. The lowest BCUT2D eigenvalue weighted by Crippen LogP contribution is -2.38. The molecule has 3 aliphatic rings. The van der Waals surface area contributed by atoms with E-state index in [-0.39, 0.29) is 6.61 Å². The Morgan fingerprint density at radius 2 is 2.07 bits per heavy atom. The van der Waals surface area contributed by atoms with Crippen molar-refractivity contribution >= 4 is 22.9 Å². The minimum atomic E-state index is -0.852. The summed E-state index contributed by atoms with van der Waals surface area (Å²) in [6.45, 7) is 4.55. The van der Waals surface area contributed by atoms with E-state index in [0.717, 1.165) is 55.9 Å². The van der Waals surface area contributed by atoms with Gasteiger partial charge in [-0.15, -0.1) is 11.3 Å². The van der Waals surface area contributed by atoms with E-state index in [0.29, 0.717) is 23.3 Å². The summed E-state index contributed by atoms with van der Waals surface area (Å²) in [6.07, 6.45) is 5.36. The predicted octanol–water partition coefficient (Wildman–Crippen LogP) is 2.66. The first-order valence-electron chi connectivity index (χ1n) is 10.3. The van der Waals surface area contributed by atoms with Crippen molar-refractivity contribution in [3.63, 3.8) is 0 Å². The maximum atomic E-state index is 12.0. The summed E-state index contributed by atoms with van der Waals surface area (Å²) >= 11 is 1.32. The molecule has 1 aromatic rings. The van der Waals surface area contributed by atoms with Gasteiger partial charge in [0.1, 0.15) is 4.88 Å². The fourth-order valence-corrected chi connectivity index (χ4v) is 5.15. The van der Waals surface area contributed by atoms with Crippen molar-refractivity contribution in [1.29, 1.82) is 0 Å². The van der Waals surface area contributed by atoms with Crippen LogP contribution >= 0.6 is 11.3 Å². The average molecular weight is 401 g/mol. The zero-order valence-corrected chi connectivity index (χ0v) is 17.0. The van der Waals surface area contributed by atoms with E-state index in [4.69, 9.17) is 0 Å². The zero-order valence-electron chi connectivity index (χ0n) is 16.2. The van der Waals surface area contributed by atoms with Crippen LogP contribution in [0.15, 0.2) is 11.6 Å². The molecule has 4 rings (SSSR count). The van der Waals surface area contributed by atoms with Gasteiger partial charge in [-0.2, -0.15) is 0 Å². The molecule has 1 saturated heterocycles. The van der Waals surface area contributed by atoms with Crippen LogP contribution in [0.25, 0.3) is 5.57 Å². The lowest BCUT2D eigenvalue weighted by molar-refractivity contribution is 0.0702. The molecule has 1 aromatic heterocycles. The first-order valence-corrected chi connectivity index (χ1v) is 11.1. The molecule has 0 atom stereocenters. The molecule has 6 heteroatoms. The van der Waals surface area contributed by atoms with Crippen molar-refractivity contribution in [3.05, 3.63) is 27.0 Å². The second kappa shape index (κ2) is 8.79. The lowest BCUT2D eigenvalue weighted by Gasteiger charge is -2.36. The maximum absolute atomic E-state index is 12.0. The number of aliphatic hydroxyl groups excluding tert-OH is 1. The second-order valence-electron chi connectivity index (χ2n) is 7.98. The van der Waals surface area contributed by atoms with Crippen LogP contribution in [0.2, 0.25) is 0 Å². The van der Waals surface area contributed by atoms with Crippen LogP contribution in [-0.2, 0) is 0 Å². The van der Waals surface area contributed by atoms with Gasteiger partial charge in [0.25, 0.3) is 0 Å². The summed E-state index contributed by atoms with van der Waals surface area (Å²) in [5, 5.41) is 22.6. The van der Waals surface area contributed by atoms with Gasteiger partial charge in [0.05, 0.1) is 11.5 Å². The molecular weight excluding hydrogens is 372 g/mol. The Bertz CT molecular complexity index is 823. The van der Waals surface area contributed by atoms with Crippen molar-refractivity contribution in [2.45, 2.75) is 32.1 Å². The Morgan fingerprint density at radius 1 is 1.29 bits per heavy atom. The Morgan fingerprint density at radius 3 is 2.75 bits per heavy atom. The molecule has 0 spiro atoms. The fraction of sp³-hybridized carbons (Fsp3) is 0.591. The summed E-state index contributed by atoms with van der Waals surface area (Å²) in [5.41, 5.74) is 3.48. The van der Waals surface area contributed by atoms with Gasteiger partial charge >= 0.3 is 5.97 Å². The monoisotopic (exact) mass is 400 g/mol. The standard InChI is InChI=1S/C22H28N2O3S/c25-12-11-24-10-7-18(20(14-24)16-5-8-23-9-6-16)19-13-17(4-3-15-1-2-15)28-21(19)22(26)27/h13,15-16,23,25H,1-2,5-12,14H2,(H,26,27). The highest BCUT2D eigenvalue weighted by Crippen LogP contribution is 2.39. The van der Waals surface area contributed by atoms with Crippen LogP contribution in [0, 0.1) is 23.7 Å². The Balaban J connectivity index is 1.72. The second-order valence-corrected chi connectivity index (χ2v) is 9.03. The van der Waals surface area contributed by atoms with Crippen LogP contribution in [-0.4, -0.2) is 60.4 Å². The van der Waals surface area contributed by atoms with Gasteiger partial charge in [-0.3, -0.25) is 4.90 Å². The molecule has 0 bridgehead atoms. The van der Waals surface area contributed by atoms with Gasteiger partial charge in [0.2, 0.25) is 0 Å². The number of aliphatic hydroxyl groups is 1. The van der Waals surface area contributed by atoms with Crippen LogP contribution in [0.4, 0.5) is 0 Å². The third-order valence-corrected chi connectivity index (χ3v) is 6.97. The number of rotatable bonds is 5. The Labute approximate surface area is 170 Å². The minimum absolute atomic E-state index is 0.161. The highest BCUT2D eigenvalue weighted by Gasteiger charge is 2.29. The van der Waals surface area contributed by atoms with E-state index < -0.39 is 5.97 Å². The van der Waals surface area contributed by atoms with E-state index in [1.54, 1.807) is 0 Å². The maximum Gasteiger partial charge on any atom is 0.346 e. The summed E-state index contributed by atoms with van der Waals surface area (Å²) < 4.78 is 0. The summed E-state index contributed by atoms with van der Waals surface area (Å²) in [4.78, 5) is 15.6. The molecule has 28 heavy (non-hydrogen) atoms. The number of β-amino-alcohol motifs (C(OH)–C–C–N with tert-alkyl or cyclic N) is 1. The van der Waals surface area contributed by atoms with E-state index >= 15 is 0 Å². The number of nitrogens with zero attached hydrogens (tertiary/aromatic N) is 1. The van der Waals surface area contributed by atoms with Gasteiger partial charge in [-0.05, 0) is 68.3 Å². The highest BCUT2D eigenvalue weighted by molar-refractivity contribution is 7.14. The van der Waals surface area contributed by atoms with Gasteiger partial charge in [-0.1, -0.05) is 11.8 Å². The molecule has 1 saturated carbocycles. The average Bonchev–Trinajstić information content (AvgIpc) is 3.44. The van der Waals surface area contributed by atoms with Crippen molar-refractivity contribution in [2.24, 2.45) is 11.8 Å². The molecule has 5 nitrogen and oxygen atoms in total. The van der Waals surface area contributed by atoms with Crippen molar-refractivity contribution in [3.8, 4) is 11.8 Å². The van der Waals surface area contributed by atoms with Crippen molar-refractivity contribution in [2.75, 3.05) is 39.3 Å². The van der Waals surface area contributed by atoms with Gasteiger partial charge in [0, 0.05) is 31.1 Å². The molecule has 0 radical (unpaired) electrons. The van der Waals surface area contributed by atoms with Crippen LogP contribution in [0.1, 0.15) is 52.2 Å². The summed E-state index contributed by atoms with van der Waals surface area (Å²) in [7, 11) is 0. The first-order chi connectivity index (χ1) is 13.7. The molecule has 3 N–H and O–H groups in total. The number of carboxylic acids is 1. The predicted molar refractivity (Wildman–Crippen MR) is 112 cm³/mol. The van der Waals surface area contributed by atoms with E-state index in [9.17, 15) is 15.0 Å².